The molecule has 0 radical (unpaired) electrons. The second-order valence-corrected chi connectivity index (χ2v) is 5.33. The van der Waals surface area contributed by atoms with Crippen molar-refractivity contribution in [2.75, 3.05) is 20.2 Å². The molecular weight excluding hydrogens is 272 g/mol. The molecule has 7 nitrogen and oxygen atoms in total. The molecule has 0 bridgehead atoms. The zero-order chi connectivity index (χ0) is 15.8. The van der Waals surface area contributed by atoms with Crippen LogP contribution in [-0.2, 0) is 16.0 Å². The highest BCUT2D eigenvalue weighted by Gasteiger charge is 2.21. The molecule has 0 saturated heterocycles. The van der Waals surface area contributed by atoms with Crippen molar-refractivity contribution in [1.82, 2.24) is 20.1 Å². The Labute approximate surface area is 125 Å². The summed E-state index contributed by atoms with van der Waals surface area (Å²) in [6.45, 7) is 6.91. The number of esters is 1. The number of ether oxygens (including phenoxy) is 1. The van der Waals surface area contributed by atoms with Crippen molar-refractivity contribution in [2.45, 2.75) is 40.0 Å². The number of amides is 1. The molecule has 0 aliphatic rings. The van der Waals surface area contributed by atoms with E-state index in [1.165, 1.54) is 7.11 Å². The molecule has 0 atom stereocenters. The van der Waals surface area contributed by atoms with Crippen LogP contribution in [0, 0.1) is 5.92 Å². The summed E-state index contributed by atoms with van der Waals surface area (Å²) in [4.78, 5) is 29.5. The second kappa shape index (κ2) is 8.39. The maximum Gasteiger partial charge on any atom is 0.307 e. The summed E-state index contributed by atoms with van der Waals surface area (Å²) in [6, 6.07) is 0. The first-order valence-corrected chi connectivity index (χ1v) is 7.25. The van der Waals surface area contributed by atoms with Crippen LogP contribution in [0.2, 0.25) is 0 Å². The average molecular weight is 296 g/mol. The van der Waals surface area contributed by atoms with E-state index >= 15 is 0 Å². The third-order valence-corrected chi connectivity index (χ3v) is 2.90. The molecule has 0 spiro atoms. The Hall–Kier alpha value is -1.92. The molecule has 0 aliphatic carbocycles. The summed E-state index contributed by atoms with van der Waals surface area (Å²) >= 11 is 0. The van der Waals surface area contributed by atoms with E-state index in [4.69, 9.17) is 0 Å². The lowest BCUT2D eigenvalue weighted by molar-refractivity contribution is -0.140. The molecule has 21 heavy (non-hydrogen) atoms. The number of aromatic amines is 1. The molecule has 0 unspecified atom stereocenters. The van der Waals surface area contributed by atoms with Crippen LogP contribution >= 0.6 is 0 Å². The molecule has 1 heterocycles. The van der Waals surface area contributed by atoms with Gasteiger partial charge in [0, 0.05) is 19.5 Å². The quantitative estimate of drug-likeness (QED) is 0.733. The van der Waals surface area contributed by atoms with Gasteiger partial charge in [-0.25, -0.2) is 4.98 Å². The summed E-state index contributed by atoms with van der Waals surface area (Å²) in [5, 5.41) is 6.74. The van der Waals surface area contributed by atoms with Crippen LogP contribution < -0.4 is 0 Å². The molecule has 1 amide bonds. The van der Waals surface area contributed by atoms with E-state index in [0.717, 1.165) is 12.8 Å². The fourth-order valence-corrected chi connectivity index (χ4v) is 1.93. The van der Waals surface area contributed by atoms with Gasteiger partial charge >= 0.3 is 5.97 Å². The zero-order valence-corrected chi connectivity index (χ0v) is 13.2. The van der Waals surface area contributed by atoms with E-state index in [-0.39, 0.29) is 24.1 Å². The van der Waals surface area contributed by atoms with Crippen LogP contribution in [0.15, 0.2) is 0 Å². The minimum Gasteiger partial charge on any atom is -0.469 e. The van der Waals surface area contributed by atoms with Crippen LogP contribution in [0.1, 0.15) is 50.1 Å². The second-order valence-electron chi connectivity index (χ2n) is 5.33. The van der Waals surface area contributed by atoms with Crippen LogP contribution in [0.3, 0.4) is 0 Å². The van der Waals surface area contributed by atoms with E-state index in [1.807, 2.05) is 20.8 Å². The summed E-state index contributed by atoms with van der Waals surface area (Å²) in [6.07, 6.45) is 1.86. The number of hydrogen-bond donors (Lipinski definition) is 1. The average Bonchev–Trinajstić information content (AvgIpc) is 2.90. The number of nitrogens with zero attached hydrogens (tertiary/aromatic N) is 3. The lowest BCUT2D eigenvalue weighted by Crippen LogP contribution is -2.36. The summed E-state index contributed by atoms with van der Waals surface area (Å²) < 4.78 is 4.61. The molecule has 0 saturated carbocycles. The fourth-order valence-electron chi connectivity index (χ4n) is 1.93. The lowest BCUT2D eigenvalue weighted by Gasteiger charge is -2.22. The molecule has 0 fully saturated rings. The monoisotopic (exact) mass is 296 g/mol. The third-order valence-electron chi connectivity index (χ3n) is 2.90. The molecule has 0 aromatic carbocycles. The number of methoxy groups -OCH3 is 1. The number of carbonyl (C=O) groups excluding carboxylic acids is 2. The van der Waals surface area contributed by atoms with Crippen LogP contribution in [-0.4, -0.2) is 52.2 Å². The van der Waals surface area contributed by atoms with Gasteiger partial charge in [-0.3, -0.25) is 14.7 Å². The Morgan fingerprint density at radius 2 is 2.10 bits per heavy atom. The van der Waals surface area contributed by atoms with Gasteiger partial charge < -0.3 is 9.64 Å². The molecule has 1 N–H and O–H groups in total. The first-order valence-electron chi connectivity index (χ1n) is 7.25. The minimum atomic E-state index is -0.335. The summed E-state index contributed by atoms with van der Waals surface area (Å²) in [5.41, 5.74) is 0. The molecule has 0 aliphatic heterocycles. The SMILES string of the molecule is CCCc1nc(C(=O)N(CCC(=O)OC)CC(C)C)n[nH]1. The molecule has 1 aromatic rings. The van der Waals surface area contributed by atoms with Crippen molar-refractivity contribution < 1.29 is 14.3 Å². The highest BCUT2D eigenvalue weighted by Crippen LogP contribution is 2.06. The number of aromatic nitrogens is 3. The van der Waals surface area contributed by atoms with Gasteiger partial charge in [-0.15, -0.1) is 5.10 Å². The highest BCUT2D eigenvalue weighted by atomic mass is 16.5. The predicted molar refractivity (Wildman–Crippen MR) is 77.8 cm³/mol. The van der Waals surface area contributed by atoms with Crippen molar-refractivity contribution in [1.29, 1.82) is 0 Å². The molecular formula is C14H24N4O3. The van der Waals surface area contributed by atoms with E-state index in [9.17, 15) is 9.59 Å². The van der Waals surface area contributed by atoms with Crippen molar-refractivity contribution >= 4 is 11.9 Å². The Kier molecular flexibility index (Phi) is 6.84. The number of carbonyl (C=O) groups is 2. The Balaban J connectivity index is 2.75. The maximum atomic E-state index is 12.4. The van der Waals surface area contributed by atoms with Gasteiger partial charge in [0.15, 0.2) is 0 Å². The maximum absolute atomic E-state index is 12.4. The lowest BCUT2D eigenvalue weighted by atomic mass is 10.2. The Morgan fingerprint density at radius 1 is 1.38 bits per heavy atom. The molecule has 118 valence electrons. The van der Waals surface area contributed by atoms with Crippen LogP contribution in [0.25, 0.3) is 0 Å². The molecule has 7 heteroatoms. The van der Waals surface area contributed by atoms with E-state index in [1.54, 1.807) is 4.90 Å². The van der Waals surface area contributed by atoms with Crippen molar-refractivity contribution in [3.05, 3.63) is 11.6 Å². The number of H-pyrrole nitrogens is 1. The number of nitrogens with one attached hydrogen (secondary N) is 1. The van der Waals surface area contributed by atoms with E-state index < -0.39 is 0 Å². The largest absolute Gasteiger partial charge is 0.469 e. The van der Waals surface area contributed by atoms with Gasteiger partial charge in [-0.05, 0) is 12.3 Å². The van der Waals surface area contributed by atoms with Crippen LogP contribution in [0.5, 0.6) is 0 Å². The van der Waals surface area contributed by atoms with Crippen molar-refractivity contribution in [3.8, 4) is 0 Å². The number of rotatable bonds is 8. The first-order chi connectivity index (χ1) is 9.97. The molecule has 1 aromatic heterocycles. The zero-order valence-electron chi connectivity index (χ0n) is 13.2. The van der Waals surface area contributed by atoms with Gasteiger partial charge in [0.25, 0.3) is 5.91 Å². The summed E-state index contributed by atoms with van der Waals surface area (Å²) in [7, 11) is 1.34. The van der Waals surface area contributed by atoms with E-state index in [2.05, 4.69) is 19.9 Å². The van der Waals surface area contributed by atoms with E-state index in [0.29, 0.717) is 24.8 Å². The normalized spacial score (nSPS) is 10.7. The van der Waals surface area contributed by atoms with Gasteiger partial charge in [0.1, 0.15) is 5.82 Å². The standard InChI is InChI=1S/C14H24N4O3/c1-5-6-11-15-13(17-16-11)14(20)18(9-10(2)3)8-7-12(19)21-4/h10H,5-9H2,1-4H3,(H,15,16,17). The van der Waals surface area contributed by atoms with Gasteiger partial charge in [-0.2, -0.15) is 0 Å². The topological polar surface area (TPSA) is 88.2 Å². The summed E-state index contributed by atoms with van der Waals surface area (Å²) in [5.74, 6) is 0.562. The Morgan fingerprint density at radius 3 is 2.67 bits per heavy atom. The van der Waals surface area contributed by atoms with Crippen molar-refractivity contribution in [2.24, 2.45) is 5.92 Å². The number of hydrogen-bond acceptors (Lipinski definition) is 5. The fraction of sp³-hybridized carbons (Fsp3) is 0.714. The predicted octanol–water partition coefficient (Wildman–Crippen LogP) is 1.42. The minimum absolute atomic E-state index is 0.156. The third kappa shape index (κ3) is 5.53. The highest BCUT2D eigenvalue weighted by molar-refractivity contribution is 5.90. The van der Waals surface area contributed by atoms with Gasteiger partial charge in [0.05, 0.1) is 13.5 Å². The first kappa shape index (κ1) is 17.1. The van der Waals surface area contributed by atoms with Gasteiger partial charge in [0.2, 0.25) is 5.82 Å². The van der Waals surface area contributed by atoms with Gasteiger partial charge in [-0.1, -0.05) is 20.8 Å². The van der Waals surface area contributed by atoms with Crippen molar-refractivity contribution in [3.63, 3.8) is 0 Å². The Bertz CT molecular complexity index is 471. The smallest absolute Gasteiger partial charge is 0.307 e. The number of aryl methyl sites for hydroxylation is 1. The van der Waals surface area contributed by atoms with Crippen LogP contribution in [0.4, 0.5) is 0 Å². The molecule has 1 rings (SSSR count).